The summed E-state index contributed by atoms with van der Waals surface area (Å²) < 4.78 is 2.17. The molecule has 21 heavy (non-hydrogen) atoms. The zero-order valence-electron chi connectivity index (χ0n) is 12.4. The Hall–Kier alpha value is -1.85. The Morgan fingerprint density at radius 3 is 2.90 bits per heavy atom. The standard InChI is InChI=1S/C16H20N4S/c1-3-19(12-13-7-6-10-21-13)16-14(11-17-2)20-9-5-4-8-15(20)18-16/h4-10,17H,3,11-12H2,1-2H3. The molecule has 0 aliphatic carbocycles. The summed E-state index contributed by atoms with van der Waals surface area (Å²) in [5.74, 6) is 1.08. The van der Waals surface area contributed by atoms with Crippen molar-refractivity contribution in [3.8, 4) is 0 Å². The highest BCUT2D eigenvalue weighted by atomic mass is 32.1. The van der Waals surface area contributed by atoms with Crippen molar-refractivity contribution in [2.75, 3.05) is 18.5 Å². The van der Waals surface area contributed by atoms with Gasteiger partial charge in [0.1, 0.15) is 5.65 Å². The van der Waals surface area contributed by atoms with E-state index in [4.69, 9.17) is 4.98 Å². The molecule has 0 fully saturated rings. The molecule has 0 aromatic carbocycles. The van der Waals surface area contributed by atoms with Crippen LogP contribution in [0.1, 0.15) is 17.5 Å². The van der Waals surface area contributed by atoms with Crippen molar-refractivity contribution in [1.82, 2.24) is 14.7 Å². The van der Waals surface area contributed by atoms with Crippen molar-refractivity contribution in [2.45, 2.75) is 20.0 Å². The number of pyridine rings is 1. The first kappa shape index (κ1) is 14.1. The van der Waals surface area contributed by atoms with E-state index in [1.54, 1.807) is 11.3 Å². The number of rotatable bonds is 6. The minimum absolute atomic E-state index is 0.807. The number of nitrogens with one attached hydrogen (secondary N) is 1. The fourth-order valence-electron chi connectivity index (χ4n) is 2.55. The zero-order valence-corrected chi connectivity index (χ0v) is 13.2. The lowest BCUT2D eigenvalue weighted by molar-refractivity contribution is 0.758. The van der Waals surface area contributed by atoms with E-state index in [2.05, 4.69) is 51.3 Å². The Kier molecular flexibility index (Phi) is 4.22. The summed E-state index contributed by atoms with van der Waals surface area (Å²) >= 11 is 1.80. The second kappa shape index (κ2) is 6.28. The molecule has 0 bridgehead atoms. The Morgan fingerprint density at radius 2 is 2.19 bits per heavy atom. The fraction of sp³-hybridized carbons (Fsp3) is 0.312. The van der Waals surface area contributed by atoms with Crippen LogP contribution in [0.2, 0.25) is 0 Å². The molecule has 0 amide bonds. The third-order valence-electron chi connectivity index (χ3n) is 3.56. The third-order valence-corrected chi connectivity index (χ3v) is 4.42. The smallest absolute Gasteiger partial charge is 0.152 e. The van der Waals surface area contributed by atoms with Crippen molar-refractivity contribution >= 4 is 22.8 Å². The van der Waals surface area contributed by atoms with Crippen molar-refractivity contribution in [1.29, 1.82) is 0 Å². The normalized spacial score (nSPS) is 11.1. The first-order chi connectivity index (χ1) is 10.3. The van der Waals surface area contributed by atoms with Crippen LogP contribution in [0.15, 0.2) is 41.9 Å². The average molecular weight is 300 g/mol. The van der Waals surface area contributed by atoms with Crippen LogP contribution >= 0.6 is 11.3 Å². The van der Waals surface area contributed by atoms with Crippen LogP contribution in [0.3, 0.4) is 0 Å². The van der Waals surface area contributed by atoms with E-state index in [0.717, 1.165) is 31.1 Å². The van der Waals surface area contributed by atoms with Gasteiger partial charge in [0, 0.05) is 24.2 Å². The summed E-state index contributed by atoms with van der Waals surface area (Å²) in [6.45, 7) is 4.84. The number of imidazole rings is 1. The zero-order chi connectivity index (χ0) is 14.7. The molecule has 0 spiro atoms. The molecule has 0 unspecified atom stereocenters. The summed E-state index contributed by atoms with van der Waals surface area (Å²) in [6, 6.07) is 10.4. The van der Waals surface area contributed by atoms with Crippen molar-refractivity contribution in [3.05, 3.63) is 52.5 Å². The van der Waals surface area contributed by atoms with Gasteiger partial charge in [-0.1, -0.05) is 12.1 Å². The van der Waals surface area contributed by atoms with E-state index < -0.39 is 0 Å². The van der Waals surface area contributed by atoms with Gasteiger partial charge >= 0.3 is 0 Å². The average Bonchev–Trinajstić information content (AvgIpc) is 3.13. The molecule has 0 saturated carbocycles. The predicted octanol–water partition coefficient (Wildman–Crippen LogP) is 3.14. The van der Waals surface area contributed by atoms with Crippen LogP contribution in [0.5, 0.6) is 0 Å². The molecule has 0 aliphatic rings. The number of hydrogen-bond acceptors (Lipinski definition) is 4. The molecule has 0 saturated heterocycles. The van der Waals surface area contributed by atoms with E-state index >= 15 is 0 Å². The van der Waals surface area contributed by atoms with Gasteiger partial charge < -0.3 is 14.6 Å². The number of hydrogen-bond donors (Lipinski definition) is 1. The van der Waals surface area contributed by atoms with E-state index in [1.807, 2.05) is 19.2 Å². The largest absolute Gasteiger partial charge is 0.350 e. The van der Waals surface area contributed by atoms with Crippen LogP contribution in [-0.2, 0) is 13.1 Å². The van der Waals surface area contributed by atoms with Crippen LogP contribution < -0.4 is 10.2 Å². The summed E-state index contributed by atoms with van der Waals surface area (Å²) in [7, 11) is 1.97. The topological polar surface area (TPSA) is 32.6 Å². The Balaban J connectivity index is 2.02. The highest BCUT2D eigenvalue weighted by Crippen LogP contribution is 2.24. The minimum Gasteiger partial charge on any atom is -0.350 e. The molecule has 0 aliphatic heterocycles. The number of nitrogens with zero attached hydrogens (tertiary/aromatic N) is 3. The van der Waals surface area contributed by atoms with Gasteiger partial charge in [-0.15, -0.1) is 11.3 Å². The molecule has 0 radical (unpaired) electrons. The minimum atomic E-state index is 0.807. The molecule has 3 rings (SSSR count). The Labute approximate surface area is 129 Å². The summed E-state index contributed by atoms with van der Waals surface area (Å²) in [5.41, 5.74) is 2.22. The Morgan fingerprint density at radius 1 is 1.29 bits per heavy atom. The van der Waals surface area contributed by atoms with E-state index in [0.29, 0.717) is 0 Å². The lowest BCUT2D eigenvalue weighted by Gasteiger charge is -2.21. The predicted molar refractivity (Wildman–Crippen MR) is 89.0 cm³/mol. The highest BCUT2D eigenvalue weighted by molar-refractivity contribution is 7.09. The maximum atomic E-state index is 4.84. The monoisotopic (exact) mass is 300 g/mol. The van der Waals surface area contributed by atoms with Crippen molar-refractivity contribution < 1.29 is 0 Å². The van der Waals surface area contributed by atoms with Gasteiger partial charge in [-0.25, -0.2) is 4.98 Å². The van der Waals surface area contributed by atoms with Gasteiger partial charge in [-0.2, -0.15) is 0 Å². The maximum absolute atomic E-state index is 4.84. The molecular formula is C16H20N4S. The number of fused-ring (bicyclic) bond motifs is 1. The van der Waals surface area contributed by atoms with Gasteiger partial charge in [-0.3, -0.25) is 0 Å². The van der Waals surface area contributed by atoms with Crippen LogP contribution in [0, 0.1) is 0 Å². The van der Waals surface area contributed by atoms with E-state index in [9.17, 15) is 0 Å². The first-order valence-electron chi connectivity index (χ1n) is 7.21. The van der Waals surface area contributed by atoms with Gasteiger partial charge in [0.15, 0.2) is 5.82 Å². The maximum Gasteiger partial charge on any atom is 0.152 e. The van der Waals surface area contributed by atoms with Gasteiger partial charge in [-0.05, 0) is 37.6 Å². The van der Waals surface area contributed by atoms with E-state index in [-0.39, 0.29) is 0 Å². The SMILES string of the molecule is CCN(Cc1cccs1)c1nc2ccccn2c1CNC. The number of thiophene rings is 1. The molecular weight excluding hydrogens is 280 g/mol. The van der Waals surface area contributed by atoms with Gasteiger partial charge in [0.05, 0.1) is 12.2 Å². The van der Waals surface area contributed by atoms with Crippen molar-refractivity contribution in [3.63, 3.8) is 0 Å². The van der Waals surface area contributed by atoms with Crippen LogP contribution in [-0.4, -0.2) is 23.0 Å². The van der Waals surface area contributed by atoms with Crippen LogP contribution in [0.4, 0.5) is 5.82 Å². The molecule has 0 atom stereocenters. The molecule has 110 valence electrons. The highest BCUT2D eigenvalue weighted by Gasteiger charge is 2.17. The second-order valence-electron chi connectivity index (χ2n) is 4.93. The third kappa shape index (κ3) is 2.80. The lowest BCUT2D eigenvalue weighted by atomic mass is 10.3. The summed E-state index contributed by atoms with van der Waals surface area (Å²) in [5, 5.41) is 5.38. The van der Waals surface area contributed by atoms with Gasteiger partial charge in [0.25, 0.3) is 0 Å². The summed E-state index contributed by atoms with van der Waals surface area (Å²) in [6.07, 6.45) is 2.08. The van der Waals surface area contributed by atoms with Gasteiger partial charge in [0.2, 0.25) is 0 Å². The molecule has 4 nitrogen and oxygen atoms in total. The molecule has 3 heterocycles. The fourth-order valence-corrected chi connectivity index (χ4v) is 3.27. The first-order valence-corrected chi connectivity index (χ1v) is 8.09. The summed E-state index contributed by atoms with van der Waals surface area (Å²) in [4.78, 5) is 8.54. The number of aromatic nitrogens is 2. The molecule has 3 aromatic rings. The van der Waals surface area contributed by atoms with Crippen molar-refractivity contribution in [2.24, 2.45) is 0 Å². The van der Waals surface area contributed by atoms with Crippen LogP contribution in [0.25, 0.3) is 5.65 Å². The molecule has 5 heteroatoms. The second-order valence-corrected chi connectivity index (χ2v) is 5.97. The number of anilines is 1. The molecule has 3 aromatic heterocycles. The lowest BCUT2D eigenvalue weighted by Crippen LogP contribution is -2.24. The van der Waals surface area contributed by atoms with E-state index in [1.165, 1.54) is 10.6 Å². The Bertz CT molecular complexity index is 702. The molecule has 1 N–H and O–H groups in total. The quantitative estimate of drug-likeness (QED) is 0.759.